The zero-order chi connectivity index (χ0) is 19.1. The van der Waals surface area contributed by atoms with Crippen molar-refractivity contribution in [3.8, 4) is 0 Å². The Morgan fingerprint density at radius 1 is 0.815 bits per heavy atom. The van der Waals surface area contributed by atoms with Crippen molar-refractivity contribution in [3.63, 3.8) is 0 Å². The van der Waals surface area contributed by atoms with Crippen LogP contribution in [0.2, 0.25) is 5.02 Å². The quantitative estimate of drug-likeness (QED) is 0.315. The van der Waals surface area contributed by atoms with Gasteiger partial charge >= 0.3 is 0 Å². The van der Waals surface area contributed by atoms with Gasteiger partial charge in [-0.05, 0) is 72.4 Å². The van der Waals surface area contributed by atoms with Crippen molar-refractivity contribution in [2.45, 2.75) is 0 Å². The van der Waals surface area contributed by atoms with Gasteiger partial charge in [-0.3, -0.25) is 4.79 Å². The van der Waals surface area contributed by atoms with Crippen LogP contribution in [0.4, 0.5) is 11.4 Å². The molecule has 0 heterocycles. The number of hydrogen-bond donors (Lipinski definition) is 2. The van der Waals surface area contributed by atoms with Crippen LogP contribution in [0.1, 0.15) is 15.9 Å². The number of anilines is 2. The van der Waals surface area contributed by atoms with Gasteiger partial charge in [-0.1, -0.05) is 48.0 Å². The fourth-order valence-electron chi connectivity index (χ4n) is 2.37. The van der Waals surface area contributed by atoms with Crippen molar-refractivity contribution in [1.29, 1.82) is 0 Å². The minimum atomic E-state index is -0.0681. The molecule has 3 aromatic carbocycles. The van der Waals surface area contributed by atoms with E-state index in [1.165, 1.54) is 0 Å². The van der Waals surface area contributed by atoms with Crippen LogP contribution < -0.4 is 10.6 Å². The largest absolute Gasteiger partial charge is 0.332 e. The second-order valence-corrected chi connectivity index (χ2v) is 6.62. The summed E-state index contributed by atoms with van der Waals surface area (Å²) in [6.45, 7) is 0. The Morgan fingerprint density at radius 3 is 2.04 bits per heavy atom. The summed E-state index contributed by atoms with van der Waals surface area (Å²) in [6, 6.07) is 24.2. The van der Waals surface area contributed by atoms with Crippen LogP contribution in [0.3, 0.4) is 0 Å². The molecule has 0 unspecified atom stereocenters. The first-order chi connectivity index (χ1) is 13.1. The molecule has 0 aliphatic carbocycles. The zero-order valence-electron chi connectivity index (χ0n) is 14.4. The minimum Gasteiger partial charge on any atom is -0.332 e. The summed E-state index contributed by atoms with van der Waals surface area (Å²) in [6.07, 6.45) is 3.32. The highest BCUT2D eigenvalue weighted by molar-refractivity contribution is 7.80. The normalized spacial score (nSPS) is 10.6. The van der Waals surface area contributed by atoms with Crippen molar-refractivity contribution in [1.82, 2.24) is 0 Å². The Balaban J connectivity index is 1.58. The first-order valence-electron chi connectivity index (χ1n) is 8.31. The van der Waals surface area contributed by atoms with Gasteiger partial charge in [-0.2, -0.15) is 0 Å². The molecule has 0 bridgehead atoms. The molecule has 0 atom stereocenters. The van der Waals surface area contributed by atoms with Crippen molar-refractivity contribution < 1.29 is 4.79 Å². The SMILES string of the molecule is O=C(/C=C/c1ccc(Cl)cc1)c1ccc(NC(=S)Nc2ccccc2)cc1. The fourth-order valence-corrected chi connectivity index (χ4v) is 2.74. The van der Waals surface area contributed by atoms with Gasteiger partial charge in [0.15, 0.2) is 10.9 Å². The number of ketones is 1. The van der Waals surface area contributed by atoms with Gasteiger partial charge in [0.1, 0.15) is 0 Å². The van der Waals surface area contributed by atoms with Crippen molar-refractivity contribution in [3.05, 3.63) is 101 Å². The Hall–Kier alpha value is -2.95. The predicted octanol–water partition coefficient (Wildman–Crippen LogP) is 6.05. The van der Waals surface area contributed by atoms with Gasteiger partial charge in [-0.25, -0.2) is 0 Å². The molecule has 134 valence electrons. The van der Waals surface area contributed by atoms with Crippen LogP contribution in [0, 0.1) is 0 Å². The molecule has 2 N–H and O–H groups in total. The van der Waals surface area contributed by atoms with Gasteiger partial charge in [0.05, 0.1) is 0 Å². The lowest BCUT2D eigenvalue weighted by atomic mass is 10.1. The van der Waals surface area contributed by atoms with Crippen molar-refractivity contribution >= 4 is 52.2 Å². The summed E-state index contributed by atoms with van der Waals surface area (Å²) >= 11 is 11.2. The highest BCUT2D eigenvalue weighted by Crippen LogP contribution is 2.14. The van der Waals surface area contributed by atoms with E-state index in [1.54, 1.807) is 36.4 Å². The summed E-state index contributed by atoms with van der Waals surface area (Å²) in [5.74, 6) is -0.0681. The number of benzene rings is 3. The smallest absolute Gasteiger partial charge is 0.185 e. The van der Waals surface area contributed by atoms with Crippen LogP contribution >= 0.6 is 23.8 Å². The van der Waals surface area contributed by atoms with Crippen LogP contribution in [0.5, 0.6) is 0 Å². The summed E-state index contributed by atoms with van der Waals surface area (Å²) < 4.78 is 0. The molecule has 0 aliphatic heterocycles. The highest BCUT2D eigenvalue weighted by Gasteiger charge is 2.03. The molecule has 3 nitrogen and oxygen atoms in total. The minimum absolute atomic E-state index is 0.0681. The molecular weight excluding hydrogens is 376 g/mol. The molecule has 0 amide bonds. The molecule has 3 aromatic rings. The summed E-state index contributed by atoms with van der Waals surface area (Å²) in [5, 5.41) is 7.36. The highest BCUT2D eigenvalue weighted by atomic mass is 35.5. The first-order valence-corrected chi connectivity index (χ1v) is 9.10. The topological polar surface area (TPSA) is 41.1 Å². The molecule has 3 rings (SSSR count). The Morgan fingerprint density at radius 2 is 1.41 bits per heavy atom. The van der Waals surface area contributed by atoms with Crippen LogP contribution in [0.15, 0.2) is 84.9 Å². The summed E-state index contributed by atoms with van der Waals surface area (Å²) in [7, 11) is 0. The molecule has 0 aliphatic rings. The average molecular weight is 393 g/mol. The average Bonchev–Trinajstić information content (AvgIpc) is 2.68. The van der Waals surface area contributed by atoms with Crippen LogP contribution in [0.25, 0.3) is 6.08 Å². The van der Waals surface area contributed by atoms with E-state index < -0.39 is 0 Å². The molecule has 0 saturated heterocycles. The second kappa shape index (κ2) is 9.12. The second-order valence-electron chi connectivity index (χ2n) is 5.77. The lowest BCUT2D eigenvalue weighted by Gasteiger charge is -2.10. The maximum Gasteiger partial charge on any atom is 0.185 e. The van der Waals surface area contributed by atoms with E-state index in [0.29, 0.717) is 15.7 Å². The molecule has 5 heteroatoms. The lowest BCUT2D eigenvalue weighted by Crippen LogP contribution is -2.18. The Kier molecular flexibility index (Phi) is 6.36. The van der Waals surface area contributed by atoms with Crippen molar-refractivity contribution in [2.75, 3.05) is 10.6 Å². The van der Waals surface area contributed by atoms with E-state index in [9.17, 15) is 4.79 Å². The van der Waals surface area contributed by atoms with E-state index in [0.717, 1.165) is 16.9 Å². The predicted molar refractivity (Wildman–Crippen MR) is 118 cm³/mol. The van der Waals surface area contributed by atoms with Gasteiger partial charge in [-0.15, -0.1) is 0 Å². The third-order valence-electron chi connectivity index (χ3n) is 3.76. The molecular formula is C22H17ClN2OS. The van der Waals surface area contributed by atoms with Gasteiger partial charge in [0.25, 0.3) is 0 Å². The van der Waals surface area contributed by atoms with Crippen LogP contribution in [-0.2, 0) is 0 Å². The number of allylic oxidation sites excluding steroid dienone is 1. The Labute approximate surface area is 168 Å². The molecule has 0 aromatic heterocycles. The monoisotopic (exact) mass is 392 g/mol. The number of rotatable bonds is 5. The van der Waals surface area contributed by atoms with Gasteiger partial charge in [0, 0.05) is 22.0 Å². The first kappa shape index (κ1) is 18.8. The third-order valence-corrected chi connectivity index (χ3v) is 4.21. The number of para-hydroxylation sites is 1. The van der Waals surface area contributed by atoms with E-state index >= 15 is 0 Å². The number of hydrogen-bond acceptors (Lipinski definition) is 2. The summed E-state index contributed by atoms with van der Waals surface area (Å²) in [5.41, 5.74) is 3.24. The van der Waals surface area contributed by atoms with E-state index in [4.69, 9.17) is 23.8 Å². The molecule has 0 fully saturated rings. The standard InChI is InChI=1S/C22H17ClN2OS/c23-18-11-6-16(7-12-18)8-15-21(26)17-9-13-20(14-10-17)25-22(27)24-19-4-2-1-3-5-19/h1-15H,(H2,24,25,27)/b15-8+. The zero-order valence-corrected chi connectivity index (χ0v) is 15.9. The van der Waals surface area contributed by atoms with Crippen LogP contribution in [-0.4, -0.2) is 10.9 Å². The van der Waals surface area contributed by atoms with Gasteiger partial charge < -0.3 is 10.6 Å². The van der Waals surface area contributed by atoms with Crippen molar-refractivity contribution in [2.24, 2.45) is 0 Å². The van der Waals surface area contributed by atoms with E-state index in [1.807, 2.05) is 54.6 Å². The molecule has 0 saturated carbocycles. The van der Waals surface area contributed by atoms with Gasteiger partial charge in [0.2, 0.25) is 0 Å². The van der Waals surface area contributed by atoms with E-state index in [-0.39, 0.29) is 5.78 Å². The molecule has 0 radical (unpaired) electrons. The number of carbonyl (C=O) groups is 1. The molecule has 0 spiro atoms. The fraction of sp³-hybridized carbons (Fsp3) is 0. The third kappa shape index (κ3) is 5.78. The molecule has 27 heavy (non-hydrogen) atoms. The number of halogens is 1. The lowest BCUT2D eigenvalue weighted by molar-refractivity contribution is 0.104. The maximum atomic E-state index is 12.3. The summed E-state index contributed by atoms with van der Waals surface area (Å²) in [4.78, 5) is 12.3. The number of thiocarbonyl (C=S) groups is 1. The maximum absolute atomic E-state index is 12.3. The Bertz CT molecular complexity index is 952. The van der Waals surface area contributed by atoms with E-state index in [2.05, 4.69) is 10.6 Å². The number of nitrogens with one attached hydrogen (secondary N) is 2. The number of carbonyl (C=O) groups excluding carboxylic acids is 1.